The number of hydrogen-bond donors (Lipinski definition) is 1. The Morgan fingerprint density at radius 2 is 2.17 bits per heavy atom. The van der Waals surface area contributed by atoms with Gasteiger partial charge in [0, 0.05) is 50.2 Å². The Morgan fingerprint density at radius 3 is 2.87 bits per heavy atom. The van der Waals surface area contributed by atoms with E-state index in [1.165, 1.54) is 6.42 Å². The molecule has 3 rings (SSSR count). The number of halogens is 2. The van der Waals surface area contributed by atoms with Crippen molar-refractivity contribution in [1.29, 1.82) is 0 Å². The van der Waals surface area contributed by atoms with Gasteiger partial charge in [-0.3, -0.25) is 4.99 Å². The Kier molecular flexibility index (Phi) is 10.3. The van der Waals surface area contributed by atoms with Gasteiger partial charge in [-0.1, -0.05) is 42.7 Å². The molecule has 0 spiro atoms. The Balaban J connectivity index is 0.00000320. The van der Waals surface area contributed by atoms with Gasteiger partial charge in [-0.05, 0) is 37.6 Å². The molecular weight excluding hydrogens is 515 g/mol. The third kappa shape index (κ3) is 6.81. The Bertz CT molecular complexity index is 810. The largest absolute Gasteiger partial charge is 0.356 e. The zero-order chi connectivity index (χ0) is 20.6. The summed E-state index contributed by atoms with van der Waals surface area (Å²) in [7, 11) is 1.84. The first-order valence-electron chi connectivity index (χ1n) is 10.4. The van der Waals surface area contributed by atoms with E-state index in [1.807, 2.05) is 31.3 Å². The monoisotopic (exact) mass is 546 g/mol. The summed E-state index contributed by atoms with van der Waals surface area (Å²) in [6.07, 6.45) is 1.85. The Hall–Kier alpha value is -1.39. The molecular formula is C21H32ClIN6O. The molecule has 1 aromatic heterocycles. The molecule has 0 bridgehead atoms. The maximum absolute atomic E-state index is 6.04. The fourth-order valence-electron chi connectivity index (χ4n) is 3.74. The van der Waals surface area contributed by atoms with Gasteiger partial charge in [0.05, 0.1) is 0 Å². The molecule has 1 aromatic carbocycles. The van der Waals surface area contributed by atoms with Crippen molar-refractivity contribution in [3.8, 4) is 11.4 Å². The minimum atomic E-state index is 0. The lowest BCUT2D eigenvalue weighted by Crippen LogP contribution is -2.41. The number of aromatic nitrogens is 2. The van der Waals surface area contributed by atoms with Crippen LogP contribution in [0.3, 0.4) is 0 Å². The highest BCUT2D eigenvalue weighted by Gasteiger charge is 2.25. The van der Waals surface area contributed by atoms with Crippen LogP contribution < -0.4 is 5.32 Å². The fraction of sp³-hybridized carbons (Fsp3) is 0.571. The molecule has 1 aliphatic rings. The molecule has 7 nitrogen and oxygen atoms in total. The average molecular weight is 547 g/mol. The molecule has 0 amide bonds. The highest BCUT2D eigenvalue weighted by molar-refractivity contribution is 14.0. The molecule has 2 aromatic rings. The second-order valence-electron chi connectivity index (χ2n) is 7.33. The number of benzene rings is 1. The van der Waals surface area contributed by atoms with Crippen molar-refractivity contribution in [3.63, 3.8) is 0 Å². The van der Waals surface area contributed by atoms with Crippen LogP contribution in [-0.4, -0.2) is 72.2 Å². The van der Waals surface area contributed by atoms with Crippen LogP contribution in [0.5, 0.6) is 0 Å². The van der Waals surface area contributed by atoms with Crippen molar-refractivity contribution < 1.29 is 4.52 Å². The first kappa shape index (κ1) is 24.9. The van der Waals surface area contributed by atoms with Crippen molar-refractivity contribution in [1.82, 2.24) is 25.3 Å². The molecule has 0 radical (unpaired) electrons. The van der Waals surface area contributed by atoms with Gasteiger partial charge in [0.2, 0.25) is 11.7 Å². The summed E-state index contributed by atoms with van der Waals surface area (Å²) >= 11 is 6.04. The molecule has 1 atom stereocenters. The highest BCUT2D eigenvalue weighted by atomic mass is 127. The van der Waals surface area contributed by atoms with Crippen LogP contribution >= 0.6 is 35.6 Å². The fourth-order valence-corrected chi connectivity index (χ4v) is 3.93. The zero-order valence-corrected chi connectivity index (χ0v) is 21.1. The molecule has 1 aliphatic heterocycles. The van der Waals surface area contributed by atoms with E-state index in [0.717, 1.165) is 44.2 Å². The maximum Gasteiger partial charge on any atom is 0.228 e. The van der Waals surface area contributed by atoms with E-state index in [2.05, 4.69) is 44.1 Å². The van der Waals surface area contributed by atoms with E-state index in [0.29, 0.717) is 35.6 Å². The predicted octanol–water partition coefficient (Wildman–Crippen LogP) is 3.79. The van der Waals surface area contributed by atoms with Crippen molar-refractivity contribution in [3.05, 3.63) is 35.2 Å². The van der Waals surface area contributed by atoms with Crippen LogP contribution in [0.1, 0.15) is 26.2 Å². The van der Waals surface area contributed by atoms with Gasteiger partial charge >= 0.3 is 0 Å². The van der Waals surface area contributed by atoms with Gasteiger partial charge < -0.3 is 19.6 Å². The molecule has 2 heterocycles. The second-order valence-corrected chi connectivity index (χ2v) is 7.77. The lowest BCUT2D eigenvalue weighted by molar-refractivity contribution is 0.255. The first-order valence-corrected chi connectivity index (χ1v) is 10.8. The molecule has 0 aliphatic carbocycles. The maximum atomic E-state index is 6.04. The zero-order valence-electron chi connectivity index (χ0n) is 18.0. The molecule has 166 valence electrons. The molecule has 1 saturated heterocycles. The summed E-state index contributed by atoms with van der Waals surface area (Å²) in [5.74, 6) is 2.81. The number of nitrogens with zero attached hydrogens (tertiary/aromatic N) is 5. The van der Waals surface area contributed by atoms with Crippen molar-refractivity contribution in [2.75, 3.05) is 46.3 Å². The van der Waals surface area contributed by atoms with Crippen LogP contribution in [0.15, 0.2) is 33.8 Å². The summed E-state index contributed by atoms with van der Waals surface area (Å²) in [5, 5.41) is 8.15. The van der Waals surface area contributed by atoms with Gasteiger partial charge in [-0.15, -0.1) is 24.0 Å². The minimum Gasteiger partial charge on any atom is -0.356 e. The van der Waals surface area contributed by atoms with E-state index in [1.54, 1.807) is 0 Å². The van der Waals surface area contributed by atoms with E-state index in [4.69, 9.17) is 16.1 Å². The summed E-state index contributed by atoms with van der Waals surface area (Å²) in [6.45, 7) is 10.6. The minimum absolute atomic E-state index is 0. The summed E-state index contributed by atoms with van der Waals surface area (Å²) in [5.41, 5.74) is 0.854. The van der Waals surface area contributed by atoms with E-state index in [9.17, 15) is 0 Å². The van der Waals surface area contributed by atoms with Gasteiger partial charge in [0.25, 0.3) is 0 Å². The second kappa shape index (κ2) is 12.5. The number of aliphatic imine (C=N–C) groups is 1. The lowest BCUT2D eigenvalue weighted by Gasteiger charge is -2.24. The first-order chi connectivity index (χ1) is 14.1. The standard InChI is InChI=1S/C21H31ClN6O.HI/c1-4-27(5-2)14-16-10-12-28(15-16)21(23-3)24-11-9-19-25-20(26-29-19)17-7-6-8-18(22)13-17;/h6-8,13,16H,4-5,9-12,14-15H2,1-3H3,(H,23,24);1H. The van der Waals surface area contributed by atoms with Crippen LogP contribution in [0.2, 0.25) is 5.02 Å². The molecule has 30 heavy (non-hydrogen) atoms. The smallest absolute Gasteiger partial charge is 0.228 e. The molecule has 1 N–H and O–H groups in total. The third-order valence-electron chi connectivity index (χ3n) is 5.38. The van der Waals surface area contributed by atoms with E-state index < -0.39 is 0 Å². The molecule has 1 unspecified atom stereocenters. The number of nitrogens with one attached hydrogen (secondary N) is 1. The average Bonchev–Trinajstić information content (AvgIpc) is 3.39. The van der Waals surface area contributed by atoms with Crippen molar-refractivity contribution >= 4 is 41.5 Å². The topological polar surface area (TPSA) is 69.8 Å². The molecule has 0 saturated carbocycles. The van der Waals surface area contributed by atoms with Crippen LogP contribution in [0, 0.1) is 5.92 Å². The molecule has 1 fully saturated rings. The van der Waals surface area contributed by atoms with Crippen LogP contribution in [-0.2, 0) is 6.42 Å². The van der Waals surface area contributed by atoms with E-state index >= 15 is 0 Å². The third-order valence-corrected chi connectivity index (χ3v) is 5.62. The van der Waals surface area contributed by atoms with Crippen LogP contribution in [0.4, 0.5) is 0 Å². The van der Waals surface area contributed by atoms with Gasteiger partial charge in [-0.2, -0.15) is 4.98 Å². The van der Waals surface area contributed by atoms with Gasteiger partial charge in [0.1, 0.15) is 0 Å². The number of likely N-dealkylation sites (tertiary alicyclic amines) is 1. The van der Waals surface area contributed by atoms with Crippen LogP contribution in [0.25, 0.3) is 11.4 Å². The molecule has 9 heteroatoms. The SMILES string of the molecule is CCN(CC)CC1CCN(C(=NC)NCCc2nc(-c3cccc(Cl)c3)no2)C1.I. The Morgan fingerprint density at radius 1 is 1.37 bits per heavy atom. The quantitative estimate of drug-likeness (QED) is 0.309. The lowest BCUT2D eigenvalue weighted by atomic mass is 10.1. The number of hydrogen-bond acceptors (Lipinski definition) is 5. The van der Waals surface area contributed by atoms with Crippen molar-refractivity contribution in [2.24, 2.45) is 10.9 Å². The van der Waals surface area contributed by atoms with Gasteiger partial charge in [-0.25, -0.2) is 0 Å². The normalized spacial score (nSPS) is 16.8. The summed E-state index contributed by atoms with van der Waals surface area (Å²) in [6, 6.07) is 7.45. The van der Waals surface area contributed by atoms with Gasteiger partial charge in [0.15, 0.2) is 5.96 Å². The highest BCUT2D eigenvalue weighted by Crippen LogP contribution is 2.20. The Labute approximate surface area is 201 Å². The van der Waals surface area contributed by atoms with E-state index in [-0.39, 0.29) is 24.0 Å². The predicted molar refractivity (Wildman–Crippen MR) is 133 cm³/mol. The number of guanidine groups is 1. The van der Waals surface area contributed by atoms with Crippen molar-refractivity contribution in [2.45, 2.75) is 26.7 Å². The number of rotatable bonds is 8. The summed E-state index contributed by atoms with van der Waals surface area (Å²) in [4.78, 5) is 13.8. The summed E-state index contributed by atoms with van der Waals surface area (Å²) < 4.78 is 5.38.